The van der Waals surface area contributed by atoms with Gasteiger partial charge in [0.1, 0.15) is 5.75 Å². The lowest BCUT2D eigenvalue weighted by Gasteiger charge is -2.34. The van der Waals surface area contributed by atoms with Crippen molar-refractivity contribution in [2.75, 3.05) is 6.61 Å². The van der Waals surface area contributed by atoms with E-state index in [1.807, 2.05) is 6.20 Å². The molecule has 6 rings (SSSR count). The molecule has 0 atom stereocenters. The zero-order valence-corrected chi connectivity index (χ0v) is 28.2. The Balaban J connectivity index is 1.40. The van der Waals surface area contributed by atoms with Gasteiger partial charge in [-0.1, -0.05) is 171 Å². The smallest absolute Gasteiger partial charge is 0.241 e. The highest BCUT2D eigenvalue weighted by Crippen LogP contribution is 2.19. The van der Waals surface area contributed by atoms with Crippen LogP contribution in [0, 0.1) is 0 Å². The third kappa shape index (κ3) is 7.93. The molecular formula is C42H42BN2OSi. The highest BCUT2D eigenvalue weighted by molar-refractivity contribution is 7.10. The summed E-state index contributed by atoms with van der Waals surface area (Å²) in [6.07, 6.45) is 11.9. The maximum Gasteiger partial charge on any atom is 0.241 e. The maximum absolute atomic E-state index is 6.18. The van der Waals surface area contributed by atoms with Crippen molar-refractivity contribution in [1.82, 2.24) is 9.55 Å². The van der Waals surface area contributed by atoms with E-state index in [0.29, 0.717) is 0 Å². The number of ether oxygens (including phenoxy) is 1. The fraction of sp³-hybridized carbons (Fsp3) is 0.167. The summed E-state index contributed by atoms with van der Waals surface area (Å²) in [5.74, 6) is 0.935. The number of unbranched alkanes of at least 4 members (excludes halogenated alkanes) is 3. The second-order valence-corrected chi connectivity index (χ2v) is 15.9. The first-order chi connectivity index (χ1) is 23.3. The van der Waals surface area contributed by atoms with E-state index in [-0.39, 0.29) is 0 Å². The van der Waals surface area contributed by atoms with Gasteiger partial charge in [-0.2, -0.15) is 0 Å². The third-order valence-electron chi connectivity index (χ3n) is 8.82. The van der Waals surface area contributed by atoms with E-state index in [9.17, 15) is 0 Å². The van der Waals surface area contributed by atoms with Gasteiger partial charge in [0.2, 0.25) is 7.28 Å². The zero-order chi connectivity index (χ0) is 32.2. The fourth-order valence-electron chi connectivity index (χ4n) is 6.33. The predicted octanol–water partition coefficient (Wildman–Crippen LogP) is 7.08. The van der Waals surface area contributed by atoms with Crippen molar-refractivity contribution >= 4 is 48.2 Å². The molecule has 0 fully saturated rings. The van der Waals surface area contributed by atoms with Crippen LogP contribution >= 0.6 is 0 Å². The van der Waals surface area contributed by atoms with E-state index in [1.165, 1.54) is 34.8 Å². The van der Waals surface area contributed by atoms with Gasteiger partial charge in [0.15, 0.2) is 8.07 Å². The van der Waals surface area contributed by atoms with Gasteiger partial charge in [0, 0.05) is 18.6 Å². The molecule has 1 radical (unpaired) electrons. The van der Waals surface area contributed by atoms with Gasteiger partial charge in [-0.05, 0) is 45.2 Å². The molecule has 0 aliphatic carbocycles. The van der Waals surface area contributed by atoms with Crippen LogP contribution in [0.5, 0.6) is 5.75 Å². The number of aromatic nitrogens is 2. The van der Waals surface area contributed by atoms with Crippen molar-refractivity contribution in [2.24, 2.45) is 0 Å². The Hall–Kier alpha value is -4.87. The van der Waals surface area contributed by atoms with Crippen LogP contribution in [-0.4, -0.2) is 31.5 Å². The predicted molar refractivity (Wildman–Crippen MR) is 202 cm³/mol. The van der Waals surface area contributed by atoms with Crippen molar-refractivity contribution in [2.45, 2.75) is 38.8 Å². The van der Waals surface area contributed by atoms with E-state index < -0.39 is 8.07 Å². The second kappa shape index (κ2) is 16.1. The minimum atomic E-state index is -2.61. The van der Waals surface area contributed by atoms with Crippen molar-refractivity contribution in [3.8, 4) is 5.75 Å². The van der Waals surface area contributed by atoms with Crippen LogP contribution in [0.1, 0.15) is 43.7 Å². The summed E-state index contributed by atoms with van der Waals surface area (Å²) >= 11 is 0. The number of hydrogen-bond donors (Lipinski definition) is 0. The Morgan fingerprint density at radius 2 is 1.26 bits per heavy atom. The Morgan fingerprint density at radius 1 is 0.681 bits per heavy atom. The summed E-state index contributed by atoms with van der Waals surface area (Å²) in [6.45, 7) is 3.00. The Bertz CT molecular complexity index is 1780. The normalized spacial score (nSPS) is 11.7. The molecule has 0 saturated carbocycles. The summed E-state index contributed by atoms with van der Waals surface area (Å²) < 4.78 is 8.53. The van der Waals surface area contributed by atoms with E-state index in [1.54, 1.807) is 0 Å². The third-order valence-corrected chi connectivity index (χ3v) is 13.6. The summed E-state index contributed by atoms with van der Waals surface area (Å²) in [5.41, 5.74) is 4.37. The quantitative estimate of drug-likeness (QED) is 0.0526. The van der Waals surface area contributed by atoms with Crippen LogP contribution < -0.4 is 26.0 Å². The van der Waals surface area contributed by atoms with Gasteiger partial charge in [-0.15, -0.1) is 0 Å². The van der Waals surface area contributed by atoms with Gasteiger partial charge >= 0.3 is 0 Å². The fourth-order valence-corrected chi connectivity index (χ4v) is 10.9. The van der Waals surface area contributed by atoms with Crippen molar-refractivity contribution in [1.29, 1.82) is 0 Å². The minimum Gasteiger partial charge on any atom is -0.494 e. The molecule has 5 aromatic carbocycles. The molecule has 47 heavy (non-hydrogen) atoms. The number of imidazole rings is 1. The van der Waals surface area contributed by atoms with Crippen LogP contribution in [0.15, 0.2) is 158 Å². The van der Waals surface area contributed by atoms with Crippen molar-refractivity contribution in [3.63, 3.8) is 0 Å². The minimum absolute atomic E-state index is 0.758. The van der Waals surface area contributed by atoms with Crippen LogP contribution in [0.4, 0.5) is 0 Å². The highest BCUT2D eigenvalue weighted by Gasteiger charge is 2.40. The average molecular weight is 630 g/mol. The van der Waals surface area contributed by atoms with Crippen molar-refractivity contribution < 1.29 is 4.74 Å². The van der Waals surface area contributed by atoms with Gasteiger partial charge in [-0.3, -0.25) is 4.98 Å². The van der Waals surface area contributed by atoms with Crippen LogP contribution in [0.2, 0.25) is 0 Å². The molecule has 3 nitrogen and oxygen atoms in total. The summed E-state index contributed by atoms with van der Waals surface area (Å²) in [7, 11) is -0.379. The van der Waals surface area contributed by atoms with Gasteiger partial charge in [0.25, 0.3) is 0 Å². The van der Waals surface area contributed by atoms with E-state index in [2.05, 4.69) is 177 Å². The van der Waals surface area contributed by atoms with E-state index in [0.717, 1.165) is 47.3 Å². The maximum atomic E-state index is 6.18. The SMILES string of the molecule is CCCCCCOc1ccc([Si](Cn2ccnc2[B]C(=Cc2ccccc2)c2ccccc2)(c2ccccc2)c2ccccc2)cc1. The molecule has 0 unspecified atom stereocenters. The largest absolute Gasteiger partial charge is 0.494 e. The first-order valence-electron chi connectivity index (χ1n) is 16.8. The number of benzene rings is 5. The molecule has 233 valence electrons. The topological polar surface area (TPSA) is 27.1 Å². The molecule has 1 aromatic heterocycles. The molecule has 0 N–H and O–H groups in total. The van der Waals surface area contributed by atoms with Crippen molar-refractivity contribution in [3.05, 3.63) is 169 Å². The van der Waals surface area contributed by atoms with Gasteiger partial charge in [0.05, 0.1) is 12.3 Å². The molecule has 0 aliphatic rings. The van der Waals surface area contributed by atoms with E-state index >= 15 is 0 Å². The molecule has 0 aliphatic heterocycles. The number of rotatable bonds is 15. The first kappa shape index (κ1) is 32.1. The molecule has 0 saturated heterocycles. The van der Waals surface area contributed by atoms with E-state index in [4.69, 9.17) is 9.72 Å². The van der Waals surface area contributed by atoms with Crippen LogP contribution in [0.3, 0.4) is 0 Å². The van der Waals surface area contributed by atoms with Crippen LogP contribution in [0.25, 0.3) is 11.5 Å². The molecule has 6 aromatic rings. The summed E-state index contributed by atoms with van der Waals surface area (Å²) in [5, 5.41) is 4.07. The first-order valence-corrected chi connectivity index (χ1v) is 19.0. The van der Waals surface area contributed by atoms with Crippen LogP contribution in [-0.2, 0) is 6.17 Å². The molecule has 0 amide bonds. The number of nitrogens with zero attached hydrogens (tertiary/aromatic N) is 2. The second-order valence-electron chi connectivity index (χ2n) is 12.0. The summed E-state index contributed by atoms with van der Waals surface area (Å²) in [4.78, 5) is 4.93. The number of hydrogen-bond acceptors (Lipinski definition) is 2. The lowest BCUT2D eigenvalue weighted by Crippen LogP contribution is -2.70. The Labute approximate surface area is 281 Å². The van der Waals surface area contributed by atoms with Gasteiger partial charge in [-0.25, -0.2) is 0 Å². The summed E-state index contributed by atoms with van der Waals surface area (Å²) in [6, 6.07) is 52.2. The lowest BCUT2D eigenvalue weighted by molar-refractivity contribution is 0.305. The molecular weight excluding hydrogens is 587 g/mol. The Morgan fingerprint density at radius 3 is 1.87 bits per heavy atom. The Kier molecular flexibility index (Phi) is 11.0. The monoisotopic (exact) mass is 629 g/mol. The lowest BCUT2D eigenvalue weighted by atomic mass is 9.65. The standard InChI is InChI=1S/C42H42BN2OSi/c1-2-3-4-17-32-46-37-26-28-40(29-27-37)47(38-22-13-7-14-23-38,39-24-15-8-16-25-39)34-45-31-30-44-42(45)43-41(36-20-11-6-12-21-36)33-35-18-9-5-10-19-35/h5-16,18-31,33H,2-4,17,32,34H2,1H3. The average Bonchev–Trinajstić information content (AvgIpc) is 3.58. The molecule has 5 heteroatoms. The van der Waals surface area contributed by atoms with Gasteiger partial charge < -0.3 is 9.30 Å². The molecule has 0 bridgehead atoms. The highest BCUT2D eigenvalue weighted by atomic mass is 28.3. The zero-order valence-electron chi connectivity index (χ0n) is 27.2. The molecule has 1 heterocycles. The molecule has 0 spiro atoms.